The lowest BCUT2D eigenvalue weighted by Gasteiger charge is -2.17. The van der Waals surface area contributed by atoms with Gasteiger partial charge in [0.05, 0.1) is 25.1 Å². The molecule has 0 saturated carbocycles. The fourth-order valence-corrected chi connectivity index (χ4v) is 3.15. The second kappa shape index (κ2) is 6.83. The van der Waals surface area contributed by atoms with Crippen LogP contribution < -0.4 is 15.0 Å². The van der Waals surface area contributed by atoms with E-state index in [0.29, 0.717) is 31.7 Å². The van der Waals surface area contributed by atoms with Crippen molar-refractivity contribution in [3.63, 3.8) is 0 Å². The number of nitrogens with one attached hydrogen (secondary N) is 1. The number of nitrogens with zero attached hydrogens (tertiary/aromatic N) is 1. The van der Waals surface area contributed by atoms with Gasteiger partial charge in [-0.3, -0.25) is 9.59 Å². The van der Waals surface area contributed by atoms with Gasteiger partial charge in [0.25, 0.3) is 0 Å². The molecule has 1 aromatic heterocycles. The van der Waals surface area contributed by atoms with E-state index in [4.69, 9.17) is 4.74 Å². The van der Waals surface area contributed by atoms with E-state index >= 15 is 0 Å². The highest BCUT2D eigenvalue weighted by Crippen LogP contribution is 2.31. The van der Waals surface area contributed by atoms with Crippen LogP contribution in [-0.2, 0) is 22.6 Å². The molecule has 1 aromatic carbocycles. The van der Waals surface area contributed by atoms with E-state index in [1.165, 1.54) is 0 Å². The smallest absolute Gasteiger partial charge is 0.230 e. The Balaban J connectivity index is 1.66. The molecule has 1 N–H and O–H groups in total. The number of rotatable bonds is 4. The summed E-state index contributed by atoms with van der Waals surface area (Å²) >= 11 is 1.57. The largest absolute Gasteiger partial charge is 0.491 e. The van der Waals surface area contributed by atoms with Gasteiger partial charge in [0.15, 0.2) is 0 Å². The number of amides is 2. The number of benzene rings is 1. The molecule has 0 unspecified atom stereocenters. The van der Waals surface area contributed by atoms with Crippen LogP contribution in [0.4, 0.5) is 5.69 Å². The van der Waals surface area contributed by atoms with Crippen molar-refractivity contribution in [2.75, 3.05) is 18.6 Å². The van der Waals surface area contributed by atoms with Crippen LogP contribution in [0.15, 0.2) is 35.7 Å². The van der Waals surface area contributed by atoms with Gasteiger partial charge in [-0.25, -0.2) is 0 Å². The number of thiophene rings is 1. The molecule has 23 heavy (non-hydrogen) atoms. The number of carbonyl (C=O) groups is 2. The fourth-order valence-electron chi connectivity index (χ4n) is 2.44. The van der Waals surface area contributed by atoms with Gasteiger partial charge in [-0.05, 0) is 29.1 Å². The maximum atomic E-state index is 12.0. The lowest BCUT2D eigenvalue weighted by atomic mass is 10.1. The quantitative estimate of drug-likeness (QED) is 0.936. The number of carbonyl (C=O) groups excluding carboxylic acids is 2. The topological polar surface area (TPSA) is 58.6 Å². The standard InChI is InChI=1S/C17H18N2O3S/c1-19-14-9-12(4-5-15(14)22-7-6-17(19)21)11-18-16(20)10-13-3-2-8-23-13/h2-5,8-9H,6-7,10-11H2,1H3,(H,18,20). The van der Waals surface area contributed by atoms with Gasteiger partial charge in [0, 0.05) is 18.5 Å². The zero-order valence-electron chi connectivity index (χ0n) is 12.9. The monoisotopic (exact) mass is 330 g/mol. The maximum absolute atomic E-state index is 12.0. The summed E-state index contributed by atoms with van der Waals surface area (Å²) in [5, 5.41) is 4.87. The average Bonchev–Trinajstić information content (AvgIpc) is 3.01. The Morgan fingerprint density at radius 1 is 1.39 bits per heavy atom. The second-order valence-electron chi connectivity index (χ2n) is 5.39. The van der Waals surface area contributed by atoms with Gasteiger partial charge < -0.3 is 15.0 Å². The highest BCUT2D eigenvalue weighted by molar-refractivity contribution is 7.10. The number of hydrogen-bond donors (Lipinski definition) is 1. The van der Waals surface area contributed by atoms with Gasteiger partial charge >= 0.3 is 0 Å². The summed E-state index contributed by atoms with van der Waals surface area (Å²) in [6, 6.07) is 9.54. The number of hydrogen-bond acceptors (Lipinski definition) is 4. The molecule has 2 aromatic rings. The Morgan fingerprint density at radius 2 is 2.26 bits per heavy atom. The maximum Gasteiger partial charge on any atom is 0.230 e. The minimum Gasteiger partial charge on any atom is -0.491 e. The van der Waals surface area contributed by atoms with E-state index in [9.17, 15) is 9.59 Å². The molecule has 2 heterocycles. The molecule has 5 nitrogen and oxygen atoms in total. The molecule has 0 spiro atoms. The summed E-state index contributed by atoms with van der Waals surface area (Å²) in [6.45, 7) is 0.826. The van der Waals surface area contributed by atoms with Gasteiger partial charge in [0.2, 0.25) is 11.8 Å². The van der Waals surface area contributed by atoms with E-state index in [2.05, 4.69) is 5.32 Å². The molecule has 6 heteroatoms. The Morgan fingerprint density at radius 3 is 3.04 bits per heavy atom. The van der Waals surface area contributed by atoms with Crippen LogP contribution in [0.5, 0.6) is 5.75 Å². The lowest BCUT2D eigenvalue weighted by Crippen LogP contribution is -2.26. The van der Waals surface area contributed by atoms with Crippen molar-refractivity contribution in [3.8, 4) is 5.75 Å². The summed E-state index contributed by atoms with van der Waals surface area (Å²) in [7, 11) is 1.75. The number of fused-ring (bicyclic) bond motifs is 1. The number of anilines is 1. The minimum atomic E-state index is -0.0110. The summed E-state index contributed by atoms with van der Waals surface area (Å²) in [5.74, 6) is 0.720. The second-order valence-corrected chi connectivity index (χ2v) is 6.42. The predicted octanol–water partition coefficient (Wildman–Crippen LogP) is 2.35. The fraction of sp³-hybridized carbons (Fsp3) is 0.294. The molecule has 0 bridgehead atoms. The zero-order chi connectivity index (χ0) is 16.2. The van der Waals surface area contributed by atoms with Crippen LogP contribution in [0.25, 0.3) is 0 Å². The molecule has 0 saturated heterocycles. The molecule has 0 atom stereocenters. The zero-order valence-corrected chi connectivity index (χ0v) is 13.7. The Kier molecular flexibility index (Phi) is 4.62. The number of ether oxygens (including phenoxy) is 1. The molecule has 0 radical (unpaired) electrons. The molecule has 2 amide bonds. The third-order valence-electron chi connectivity index (χ3n) is 3.74. The first-order valence-corrected chi connectivity index (χ1v) is 8.33. The first kappa shape index (κ1) is 15.6. The van der Waals surface area contributed by atoms with Crippen LogP contribution in [0, 0.1) is 0 Å². The Hall–Kier alpha value is -2.34. The Bertz CT molecular complexity index is 713. The highest BCUT2D eigenvalue weighted by Gasteiger charge is 2.20. The first-order valence-electron chi connectivity index (χ1n) is 7.45. The van der Waals surface area contributed by atoms with E-state index in [1.54, 1.807) is 23.3 Å². The molecule has 0 aliphatic carbocycles. The van der Waals surface area contributed by atoms with E-state index in [-0.39, 0.29) is 11.8 Å². The summed E-state index contributed by atoms with van der Waals surface area (Å²) in [4.78, 5) is 26.5. The summed E-state index contributed by atoms with van der Waals surface area (Å²) < 4.78 is 5.59. The lowest BCUT2D eigenvalue weighted by molar-refractivity contribution is -0.120. The van der Waals surface area contributed by atoms with Crippen molar-refractivity contribution in [2.45, 2.75) is 19.4 Å². The van der Waals surface area contributed by atoms with Crippen LogP contribution in [0.1, 0.15) is 16.9 Å². The third-order valence-corrected chi connectivity index (χ3v) is 4.61. The van der Waals surface area contributed by atoms with Crippen LogP contribution in [-0.4, -0.2) is 25.5 Å². The first-order chi connectivity index (χ1) is 11.1. The van der Waals surface area contributed by atoms with E-state index in [1.807, 2.05) is 35.7 Å². The van der Waals surface area contributed by atoms with Gasteiger partial charge in [-0.15, -0.1) is 11.3 Å². The molecule has 1 aliphatic rings. The van der Waals surface area contributed by atoms with Crippen LogP contribution in [0.2, 0.25) is 0 Å². The third kappa shape index (κ3) is 3.71. The van der Waals surface area contributed by atoms with Gasteiger partial charge in [-0.2, -0.15) is 0 Å². The summed E-state index contributed by atoms with van der Waals surface area (Å²) in [6.07, 6.45) is 0.766. The van der Waals surface area contributed by atoms with Crippen molar-refractivity contribution >= 4 is 28.8 Å². The average molecular weight is 330 g/mol. The van der Waals surface area contributed by atoms with Crippen molar-refractivity contribution in [1.29, 1.82) is 0 Å². The summed E-state index contributed by atoms with van der Waals surface area (Å²) in [5.41, 5.74) is 1.69. The molecule has 120 valence electrons. The van der Waals surface area contributed by atoms with E-state index in [0.717, 1.165) is 16.1 Å². The predicted molar refractivity (Wildman–Crippen MR) is 89.8 cm³/mol. The van der Waals surface area contributed by atoms with E-state index < -0.39 is 0 Å². The van der Waals surface area contributed by atoms with Gasteiger partial charge in [0.1, 0.15) is 5.75 Å². The highest BCUT2D eigenvalue weighted by atomic mass is 32.1. The Labute approximate surface area is 138 Å². The molecular formula is C17H18N2O3S. The molecule has 3 rings (SSSR count). The SMILES string of the molecule is CN1C(=O)CCOc2ccc(CNC(=O)Cc3cccs3)cc21. The molecule has 0 fully saturated rings. The van der Waals surface area contributed by atoms with Crippen LogP contribution >= 0.6 is 11.3 Å². The normalized spacial score (nSPS) is 14.0. The van der Waals surface area contributed by atoms with Crippen molar-refractivity contribution in [3.05, 3.63) is 46.2 Å². The minimum absolute atomic E-state index is 0.0110. The van der Waals surface area contributed by atoms with Crippen molar-refractivity contribution in [1.82, 2.24) is 5.32 Å². The van der Waals surface area contributed by atoms with Crippen molar-refractivity contribution < 1.29 is 14.3 Å². The van der Waals surface area contributed by atoms with Crippen LogP contribution in [0.3, 0.4) is 0 Å². The van der Waals surface area contributed by atoms with Gasteiger partial charge in [-0.1, -0.05) is 12.1 Å². The molecule has 1 aliphatic heterocycles. The molecular weight excluding hydrogens is 312 g/mol. The van der Waals surface area contributed by atoms with Crippen molar-refractivity contribution in [2.24, 2.45) is 0 Å².